The van der Waals surface area contributed by atoms with Gasteiger partial charge in [-0.1, -0.05) is 24.3 Å². The second-order valence-electron chi connectivity index (χ2n) is 3.79. The predicted octanol–water partition coefficient (Wildman–Crippen LogP) is 0.715. The molecule has 2 N–H and O–H groups in total. The maximum absolute atomic E-state index is 11.7. The van der Waals surface area contributed by atoms with Gasteiger partial charge in [0.2, 0.25) is 10.0 Å². The highest BCUT2D eigenvalue weighted by Crippen LogP contribution is 2.11. The molecule has 0 fully saturated rings. The lowest BCUT2D eigenvalue weighted by molar-refractivity contribution is 0.466. The van der Waals surface area contributed by atoms with Gasteiger partial charge in [0.15, 0.2) is 0 Å². The molecule has 1 aromatic rings. The van der Waals surface area contributed by atoms with Crippen molar-refractivity contribution in [3.05, 3.63) is 35.4 Å². The van der Waals surface area contributed by atoms with Crippen LogP contribution in [-0.4, -0.2) is 32.1 Å². The highest BCUT2D eigenvalue weighted by atomic mass is 32.2. The number of benzene rings is 1. The minimum Gasteiger partial charge on any atom is -0.329 e. The van der Waals surface area contributed by atoms with E-state index in [4.69, 9.17) is 5.73 Å². The Kier molecular flexibility index (Phi) is 4.46. The zero-order chi connectivity index (χ0) is 12.2. The number of sulfonamides is 1. The van der Waals surface area contributed by atoms with Gasteiger partial charge in [0, 0.05) is 20.1 Å². The number of aryl methyl sites for hydroxylation is 1. The van der Waals surface area contributed by atoms with Crippen LogP contribution in [0.4, 0.5) is 0 Å². The van der Waals surface area contributed by atoms with Gasteiger partial charge in [-0.3, -0.25) is 0 Å². The van der Waals surface area contributed by atoms with Crippen molar-refractivity contribution >= 4 is 10.0 Å². The Bertz CT molecular complexity index is 443. The minimum atomic E-state index is -3.22. The molecule has 0 aromatic heterocycles. The molecule has 0 aliphatic rings. The predicted molar refractivity (Wildman–Crippen MR) is 65.5 cm³/mol. The van der Waals surface area contributed by atoms with E-state index >= 15 is 0 Å². The molecular weight excluding hydrogens is 224 g/mol. The summed E-state index contributed by atoms with van der Waals surface area (Å²) in [7, 11) is -1.64. The van der Waals surface area contributed by atoms with Crippen LogP contribution in [0.5, 0.6) is 0 Å². The van der Waals surface area contributed by atoms with Gasteiger partial charge in [0.1, 0.15) is 0 Å². The summed E-state index contributed by atoms with van der Waals surface area (Å²) in [5, 5.41) is 0. The monoisotopic (exact) mass is 242 g/mol. The van der Waals surface area contributed by atoms with Gasteiger partial charge in [0.25, 0.3) is 0 Å². The lowest BCUT2D eigenvalue weighted by atomic mass is 10.1. The van der Waals surface area contributed by atoms with Gasteiger partial charge >= 0.3 is 0 Å². The molecule has 0 aliphatic carbocycles. The van der Waals surface area contributed by atoms with Crippen molar-refractivity contribution in [1.29, 1.82) is 0 Å². The van der Waals surface area contributed by atoms with Crippen LogP contribution >= 0.6 is 0 Å². The van der Waals surface area contributed by atoms with Crippen molar-refractivity contribution in [2.45, 2.75) is 13.5 Å². The van der Waals surface area contributed by atoms with E-state index in [2.05, 4.69) is 0 Å². The van der Waals surface area contributed by atoms with Crippen molar-refractivity contribution in [3.8, 4) is 0 Å². The molecule has 5 heteroatoms. The van der Waals surface area contributed by atoms with Gasteiger partial charge < -0.3 is 5.73 Å². The SMILES string of the molecule is Cc1ccccc1CN(C)S(=O)(=O)CCN. The molecule has 0 unspecified atom stereocenters. The van der Waals surface area contributed by atoms with Crippen LogP contribution in [0.15, 0.2) is 24.3 Å². The van der Waals surface area contributed by atoms with Crippen molar-refractivity contribution in [1.82, 2.24) is 4.31 Å². The molecule has 1 rings (SSSR count). The van der Waals surface area contributed by atoms with Crippen LogP contribution in [0.25, 0.3) is 0 Å². The molecule has 0 aliphatic heterocycles. The molecule has 4 nitrogen and oxygen atoms in total. The molecule has 0 heterocycles. The molecule has 90 valence electrons. The second kappa shape index (κ2) is 5.43. The Morgan fingerprint density at radius 1 is 1.31 bits per heavy atom. The highest BCUT2D eigenvalue weighted by Gasteiger charge is 2.17. The van der Waals surface area contributed by atoms with Gasteiger partial charge in [0.05, 0.1) is 5.75 Å². The number of nitrogens with two attached hydrogens (primary N) is 1. The van der Waals surface area contributed by atoms with Crippen LogP contribution in [0, 0.1) is 6.92 Å². The van der Waals surface area contributed by atoms with E-state index in [0.29, 0.717) is 6.54 Å². The molecular formula is C11H18N2O2S. The third-order valence-corrected chi connectivity index (χ3v) is 4.34. The van der Waals surface area contributed by atoms with Gasteiger partial charge in [-0.05, 0) is 18.1 Å². The third kappa shape index (κ3) is 3.30. The van der Waals surface area contributed by atoms with Crippen LogP contribution in [0.3, 0.4) is 0 Å². The first-order valence-corrected chi connectivity index (χ1v) is 6.77. The highest BCUT2D eigenvalue weighted by molar-refractivity contribution is 7.89. The summed E-state index contributed by atoms with van der Waals surface area (Å²) in [6.45, 7) is 2.52. The Morgan fingerprint density at radius 2 is 1.94 bits per heavy atom. The fourth-order valence-corrected chi connectivity index (χ4v) is 2.38. The number of hydrogen-bond acceptors (Lipinski definition) is 3. The first kappa shape index (κ1) is 13.2. The molecule has 0 spiro atoms. The Morgan fingerprint density at radius 3 is 2.50 bits per heavy atom. The van der Waals surface area contributed by atoms with E-state index < -0.39 is 10.0 Å². The molecule has 0 bridgehead atoms. The largest absolute Gasteiger partial charge is 0.329 e. The minimum absolute atomic E-state index is 0.00458. The van der Waals surface area contributed by atoms with Crippen molar-refractivity contribution < 1.29 is 8.42 Å². The fourth-order valence-electron chi connectivity index (χ4n) is 1.43. The average Bonchev–Trinajstić information content (AvgIpc) is 2.21. The maximum atomic E-state index is 11.7. The first-order valence-electron chi connectivity index (χ1n) is 5.16. The van der Waals surface area contributed by atoms with Crippen molar-refractivity contribution in [3.63, 3.8) is 0 Å². The summed E-state index contributed by atoms with van der Waals surface area (Å²) in [5.41, 5.74) is 7.38. The summed E-state index contributed by atoms with van der Waals surface area (Å²) in [4.78, 5) is 0. The summed E-state index contributed by atoms with van der Waals surface area (Å²) in [6.07, 6.45) is 0. The quantitative estimate of drug-likeness (QED) is 0.827. The van der Waals surface area contributed by atoms with Gasteiger partial charge in [-0.15, -0.1) is 0 Å². The zero-order valence-corrected chi connectivity index (χ0v) is 10.5. The first-order chi connectivity index (χ1) is 7.47. The molecule has 1 aromatic carbocycles. The van der Waals surface area contributed by atoms with Crippen LogP contribution < -0.4 is 5.73 Å². The number of nitrogens with zero attached hydrogens (tertiary/aromatic N) is 1. The molecule has 0 atom stereocenters. The fraction of sp³-hybridized carbons (Fsp3) is 0.455. The van der Waals surface area contributed by atoms with Gasteiger partial charge in [-0.25, -0.2) is 12.7 Å². The average molecular weight is 242 g/mol. The Labute approximate surface area is 97.1 Å². The van der Waals surface area contributed by atoms with Crippen LogP contribution in [0.1, 0.15) is 11.1 Å². The molecule has 0 radical (unpaired) electrons. The van der Waals surface area contributed by atoms with Gasteiger partial charge in [-0.2, -0.15) is 0 Å². The smallest absolute Gasteiger partial charge is 0.215 e. The van der Waals surface area contributed by atoms with E-state index in [9.17, 15) is 8.42 Å². The normalized spacial score (nSPS) is 12.0. The Balaban J connectivity index is 2.79. The third-order valence-electron chi connectivity index (χ3n) is 2.50. The van der Waals surface area contributed by atoms with E-state index in [1.165, 1.54) is 4.31 Å². The maximum Gasteiger partial charge on any atom is 0.215 e. The van der Waals surface area contributed by atoms with E-state index in [1.54, 1.807) is 7.05 Å². The lowest BCUT2D eigenvalue weighted by Gasteiger charge is -2.17. The Hall–Kier alpha value is -0.910. The van der Waals surface area contributed by atoms with Crippen LogP contribution in [-0.2, 0) is 16.6 Å². The van der Waals surface area contributed by atoms with E-state index in [0.717, 1.165) is 11.1 Å². The summed E-state index contributed by atoms with van der Waals surface area (Å²) < 4.78 is 24.7. The lowest BCUT2D eigenvalue weighted by Crippen LogP contribution is -2.31. The number of hydrogen-bond donors (Lipinski definition) is 1. The summed E-state index contributed by atoms with van der Waals surface area (Å²) in [6, 6.07) is 7.75. The summed E-state index contributed by atoms with van der Waals surface area (Å²) >= 11 is 0. The molecule has 0 saturated heterocycles. The van der Waals surface area contributed by atoms with E-state index in [1.807, 2.05) is 31.2 Å². The molecule has 16 heavy (non-hydrogen) atoms. The summed E-state index contributed by atoms with van der Waals surface area (Å²) in [5.74, 6) is -0.00458. The standard InChI is InChI=1S/C11H18N2O2S/c1-10-5-3-4-6-11(10)9-13(2)16(14,15)8-7-12/h3-6H,7-9,12H2,1-2H3. The van der Waals surface area contributed by atoms with Crippen molar-refractivity contribution in [2.24, 2.45) is 5.73 Å². The number of rotatable bonds is 5. The zero-order valence-electron chi connectivity index (χ0n) is 9.68. The topological polar surface area (TPSA) is 63.4 Å². The second-order valence-corrected chi connectivity index (χ2v) is 5.98. The van der Waals surface area contributed by atoms with Crippen LogP contribution in [0.2, 0.25) is 0 Å². The van der Waals surface area contributed by atoms with Crippen molar-refractivity contribution in [2.75, 3.05) is 19.3 Å². The molecule has 0 saturated carbocycles. The molecule has 0 amide bonds. The van der Waals surface area contributed by atoms with E-state index in [-0.39, 0.29) is 12.3 Å².